The summed E-state index contributed by atoms with van der Waals surface area (Å²) in [4.78, 5) is 3.73. The van der Waals surface area contributed by atoms with Crippen LogP contribution in [-0.4, -0.2) is 18.0 Å². The molecule has 0 radical (unpaired) electrons. The first-order valence-electron chi connectivity index (χ1n) is 5.28. The molecular weight excluding hydrogens is 206 g/mol. The normalized spacial score (nSPS) is 16.0. The van der Waals surface area contributed by atoms with E-state index in [1.807, 2.05) is 0 Å². The first kappa shape index (κ1) is 10.5. The predicted molar refractivity (Wildman–Crippen MR) is 62.7 cm³/mol. The van der Waals surface area contributed by atoms with Gasteiger partial charge in [-0.1, -0.05) is 6.92 Å². The largest absolute Gasteiger partial charge is 0.389 e. The fourth-order valence-electron chi connectivity index (χ4n) is 2.11. The molecule has 0 saturated carbocycles. The Hall–Kier alpha value is -1.05. The van der Waals surface area contributed by atoms with Crippen molar-refractivity contribution in [1.29, 1.82) is 5.26 Å². The molecule has 2 heterocycles. The molecule has 2 N–H and O–H groups in total. The molecule has 0 atom stereocenters. The molecule has 1 aromatic rings. The van der Waals surface area contributed by atoms with Crippen molar-refractivity contribution in [2.24, 2.45) is 0 Å². The maximum absolute atomic E-state index is 9.00. The molecule has 0 aliphatic carbocycles. The van der Waals surface area contributed by atoms with Gasteiger partial charge in [-0.2, -0.15) is 5.26 Å². The average molecular weight is 221 g/mol. The van der Waals surface area contributed by atoms with Gasteiger partial charge in [0.25, 0.3) is 0 Å². The van der Waals surface area contributed by atoms with Crippen molar-refractivity contribution in [3.8, 4) is 6.07 Å². The van der Waals surface area contributed by atoms with Crippen LogP contribution in [0.25, 0.3) is 0 Å². The fourth-order valence-corrected chi connectivity index (χ4v) is 3.22. The lowest BCUT2D eigenvalue weighted by atomic mass is 10.0. The van der Waals surface area contributed by atoms with E-state index in [9.17, 15) is 0 Å². The van der Waals surface area contributed by atoms with Gasteiger partial charge in [0.15, 0.2) is 0 Å². The maximum atomic E-state index is 9.00. The summed E-state index contributed by atoms with van der Waals surface area (Å²) in [5.41, 5.74) is 7.76. The Kier molecular flexibility index (Phi) is 2.94. The van der Waals surface area contributed by atoms with E-state index in [-0.39, 0.29) is 0 Å². The maximum Gasteiger partial charge on any atom is 0.104 e. The molecule has 80 valence electrons. The second-order valence-corrected chi connectivity index (χ2v) is 5.02. The molecule has 0 saturated heterocycles. The monoisotopic (exact) mass is 221 g/mol. The summed E-state index contributed by atoms with van der Waals surface area (Å²) < 4.78 is 0. The van der Waals surface area contributed by atoms with Gasteiger partial charge < -0.3 is 5.73 Å². The predicted octanol–water partition coefficient (Wildman–Crippen LogP) is 1.97. The van der Waals surface area contributed by atoms with E-state index in [2.05, 4.69) is 17.9 Å². The van der Waals surface area contributed by atoms with Crippen molar-refractivity contribution < 1.29 is 0 Å². The van der Waals surface area contributed by atoms with Gasteiger partial charge in [-0.05, 0) is 24.9 Å². The molecule has 0 amide bonds. The standard InChI is InChI=1S/C11H15N3S/c1-2-4-14-5-3-8-9(6-12)11(13)15-10(8)7-14/h2-5,7,13H2,1H3. The molecule has 0 spiro atoms. The van der Waals surface area contributed by atoms with Crippen LogP contribution in [0.4, 0.5) is 5.00 Å². The summed E-state index contributed by atoms with van der Waals surface area (Å²) in [5.74, 6) is 0. The van der Waals surface area contributed by atoms with Crippen LogP contribution in [0.15, 0.2) is 0 Å². The van der Waals surface area contributed by atoms with Crippen LogP contribution in [0.1, 0.15) is 29.3 Å². The van der Waals surface area contributed by atoms with Crippen LogP contribution in [0.5, 0.6) is 0 Å². The first-order valence-corrected chi connectivity index (χ1v) is 6.10. The number of hydrogen-bond donors (Lipinski definition) is 1. The van der Waals surface area contributed by atoms with Crippen LogP contribution in [-0.2, 0) is 13.0 Å². The molecular formula is C11H15N3S. The van der Waals surface area contributed by atoms with Crippen molar-refractivity contribution in [2.45, 2.75) is 26.3 Å². The summed E-state index contributed by atoms with van der Waals surface area (Å²) in [6.45, 7) is 5.36. The van der Waals surface area contributed by atoms with E-state index in [4.69, 9.17) is 11.0 Å². The molecule has 15 heavy (non-hydrogen) atoms. The molecule has 0 bridgehead atoms. The smallest absolute Gasteiger partial charge is 0.104 e. The molecule has 0 aromatic carbocycles. The van der Waals surface area contributed by atoms with E-state index in [0.717, 1.165) is 31.6 Å². The molecule has 1 aliphatic rings. The highest BCUT2D eigenvalue weighted by molar-refractivity contribution is 7.16. The van der Waals surface area contributed by atoms with Gasteiger partial charge in [-0.3, -0.25) is 4.90 Å². The zero-order valence-electron chi connectivity index (χ0n) is 8.92. The summed E-state index contributed by atoms with van der Waals surface area (Å²) >= 11 is 1.58. The number of thiophene rings is 1. The Morgan fingerprint density at radius 1 is 1.60 bits per heavy atom. The third-order valence-electron chi connectivity index (χ3n) is 2.81. The number of anilines is 1. The highest BCUT2D eigenvalue weighted by atomic mass is 32.1. The number of nitrogen functional groups attached to an aromatic ring is 1. The minimum Gasteiger partial charge on any atom is -0.389 e. The van der Waals surface area contributed by atoms with Crippen LogP contribution in [0.3, 0.4) is 0 Å². The summed E-state index contributed by atoms with van der Waals surface area (Å²) in [7, 11) is 0. The van der Waals surface area contributed by atoms with Crippen molar-refractivity contribution in [3.05, 3.63) is 16.0 Å². The van der Waals surface area contributed by atoms with Crippen LogP contribution in [0.2, 0.25) is 0 Å². The molecule has 3 nitrogen and oxygen atoms in total. The van der Waals surface area contributed by atoms with E-state index in [1.165, 1.54) is 16.9 Å². The van der Waals surface area contributed by atoms with Gasteiger partial charge in [0.1, 0.15) is 11.1 Å². The molecule has 0 fully saturated rings. The number of rotatable bonds is 2. The van der Waals surface area contributed by atoms with Crippen LogP contribution in [0, 0.1) is 11.3 Å². The lowest BCUT2D eigenvalue weighted by Crippen LogP contribution is -2.30. The number of hydrogen-bond acceptors (Lipinski definition) is 4. The van der Waals surface area contributed by atoms with Crippen LogP contribution < -0.4 is 5.73 Å². The van der Waals surface area contributed by atoms with E-state index < -0.39 is 0 Å². The van der Waals surface area contributed by atoms with Crippen molar-refractivity contribution in [1.82, 2.24) is 4.90 Å². The fraction of sp³-hybridized carbons (Fsp3) is 0.545. The number of nitrogens with two attached hydrogens (primary N) is 1. The Bertz CT molecular complexity index is 403. The Morgan fingerprint density at radius 2 is 2.40 bits per heavy atom. The third kappa shape index (κ3) is 1.85. The van der Waals surface area contributed by atoms with Gasteiger partial charge in [0.05, 0.1) is 5.56 Å². The second kappa shape index (κ2) is 4.21. The highest BCUT2D eigenvalue weighted by Crippen LogP contribution is 2.34. The van der Waals surface area contributed by atoms with E-state index >= 15 is 0 Å². The molecule has 1 aromatic heterocycles. The van der Waals surface area contributed by atoms with Crippen LogP contribution >= 0.6 is 11.3 Å². The highest BCUT2D eigenvalue weighted by Gasteiger charge is 2.22. The topological polar surface area (TPSA) is 53.0 Å². The SMILES string of the molecule is CCCN1CCc2c(sc(N)c2C#N)C1. The quantitative estimate of drug-likeness (QED) is 0.830. The Morgan fingerprint density at radius 3 is 3.07 bits per heavy atom. The number of nitriles is 1. The molecule has 4 heteroatoms. The van der Waals surface area contributed by atoms with Gasteiger partial charge >= 0.3 is 0 Å². The second-order valence-electron chi connectivity index (χ2n) is 3.88. The van der Waals surface area contributed by atoms with Gasteiger partial charge in [0, 0.05) is 18.0 Å². The number of fused-ring (bicyclic) bond motifs is 1. The molecule has 2 rings (SSSR count). The molecule has 1 aliphatic heterocycles. The van der Waals surface area contributed by atoms with Crippen molar-refractivity contribution in [3.63, 3.8) is 0 Å². The zero-order chi connectivity index (χ0) is 10.8. The lowest BCUT2D eigenvalue weighted by Gasteiger charge is -2.26. The van der Waals surface area contributed by atoms with E-state index in [1.54, 1.807) is 11.3 Å². The number of nitrogens with zero attached hydrogens (tertiary/aromatic N) is 2. The van der Waals surface area contributed by atoms with E-state index in [0.29, 0.717) is 5.00 Å². The Labute approximate surface area is 94.1 Å². The molecule has 0 unspecified atom stereocenters. The van der Waals surface area contributed by atoms with Gasteiger partial charge in [-0.25, -0.2) is 0 Å². The average Bonchev–Trinajstić information content (AvgIpc) is 2.53. The van der Waals surface area contributed by atoms with Gasteiger partial charge in [-0.15, -0.1) is 11.3 Å². The summed E-state index contributed by atoms with van der Waals surface area (Å²) in [5, 5.41) is 9.69. The summed E-state index contributed by atoms with van der Waals surface area (Å²) in [6, 6.07) is 2.22. The Balaban J connectivity index is 2.25. The lowest BCUT2D eigenvalue weighted by molar-refractivity contribution is 0.258. The zero-order valence-corrected chi connectivity index (χ0v) is 9.73. The summed E-state index contributed by atoms with van der Waals surface area (Å²) in [6.07, 6.45) is 2.16. The van der Waals surface area contributed by atoms with Gasteiger partial charge in [0.2, 0.25) is 0 Å². The third-order valence-corrected chi connectivity index (χ3v) is 3.86. The van der Waals surface area contributed by atoms with Crippen molar-refractivity contribution in [2.75, 3.05) is 18.8 Å². The van der Waals surface area contributed by atoms with Crippen molar-refractivity contribution >= 4 is 16.3 Å². The minimum absolute atomic E-state index is 0.695. The minimum atomic E-state index is 0.695. The first-order chi connectivity index (χ1) is 7.26.